The third-order valence-corrected chi connectivity index (χ3v) is 3.44. The molecule has 1 fully saturated rings. The van der Waals surface area contributed by atoms with Crippen LogP contribution in [-0.4, -0.2) is 40.8 Å². The Morgan fingerprint density at radius 2 is 2.39 bits per heavy atom. The zero-order valence-electron chi connectivity index (χ0n) is 11.1. The Labute approximate surface area is 108 Å². The van der Waals surface area contributed by atoms with Gasteiger partial charge in [0.15, 0.2) is 0 Å². The molecule has 18 heavy (non-hydrogen) atoms. The van der Waals surface area contributed by atoms with E-state index in [1.54, 1.807) is 6.33 Å². The number of nitrogens with zero attached hydrogens (tertiary/aromatic N) is 3. The highest BCUT2D eigenvalue weighted by Gasteiger charge is 2.26. The maximum Gasteiger partial charge on any atom is 0.134 e. The van der Waals surface area contributed by atoms with E-state index in [0.717, 1.165) is 44.1 Å². The molecule has 1 saturated heterocycles. The third kappa shape index (κ3) is 3.10. The molecule has 1 aliphatic rings. The van der Waals surface area contributed by atoms with E-state index in [-0.39, 0.29) is 6.10 Å². The first-order valence-electron chi connectivity index (χ1n) is 6.69. The van der Waals surface area contributed by atoms with Crippen molar-refractivity contribution in [2.24, 2.45) is 5.92 Å². The Morgan fingerprint density at radius 3 is 3.06 bits per heavy atom. The van der Waals surface area contributed by atoms with E-state index in [1.165, 1.54) is 0 Å². The second-order valence-electron chi connectivity index (χ2n) is 4.92. The highest BCUT2D eigenvalue weighted by atomic mass is 16.3. The zero-order chi connectivity index (χ0) is 13.0. The Hall–Kier alpha value is -1.36. The van der Waals surface area contributed by atoms with Crippen LogP contribution in [0.25, 0.3) is 0 Å². The summed E-state index contributed by atoms with van der Waals surface area (Å²) in [7, 11) is 0. The van der Waals surface area contributed by atoms with Gasteiger partial charge in [0.05, 0.1) is 6.10 Å². The lowest BCUT2D eigenvalue weighted by molar-refractivity contribution is 0.136. The van der Waals surface area contributed by atoms with Gasteiger partial charge < -0.3 is 15.3 Å². The molecule has 0 spiro atoms. The lowest BCUT2D eigenvalue weighted by Gasteiger charge is -2.19. The quantitative estimate of drug-likeness (QED) is 0.829. The van der Waals surface area contributed by atoms with Gasteiger partial charge in [-0.1, -0.05) is 6.92 Å². The average molecular weight is 250 g/mol. The molecule has 0 bridgehead atoms. The van der Waals surface area contributed by atoms with Gasteiger partial charge in [-0.3, -0.25) is 0 Å². The van der Waals surface area contributed by atoms with Crippen LogP contribution in [0, 0.1) is 5.92 Å². The predicted molar refractivity (Wildman–Crippen MR) is 72.8 cm³/mol. The van der Waals surface area contributed by atoms with Gasteiger partial charge in [0.2, 0.25) is 0 Å². The highest BCUT2D eigenvalue weighted by molar-refractivity contribution is 5.49. The number of rotatable bonds is 5. The van der Waals surface area contributed by atoms with E-state index in [9.17, 15) is 5.11 Å². The second kappa shape index (κ2) is 6.00. The molecule has 1 aromatic rings. The van der Waals surface area contributed by atoms with Gasteiger partial charge in [-0.2, -0.15) is 0 Å². The van der Waals surface area contributed by atoms with Gasteiger partial charge in [0.1, 0.15) is 18.0 Å². The maximum atomic E-state index is 9.62. The Morgan fingerprint density at radius 1 is 1.56 bits per heavy atom. The molecule has 100 valence electrons. The molecule has 2 N–H and O–H groups in total. The molecule has 2 atom stereocenters. The van der Waals surface area contributed by atoms with Crippen molar-refractivity contribution < 1.29 is 5.11 Å². The van der Waals surface area contributed by atoms with Crippen LogP contribution in [0.5, 0.6) is 0 Å². The first kappa shape index (κ1) is 13.1. The first-order chi connectivity index (χ1) is 8.70. The van der Waals surface area contributed by atoms with Crippen molar-refractivity contribution in [3.8, 4) is 0 Å². The molecule has 5 heteroatoms. The van der Waals surface area contributed by atoms with E-state index in [0.29, 0.717) is 5.92 Å². The van der Waals surface area contributed by atoms with Gasteiger partial charge in [-0.15, -0.1) is 0 Å². The molecule has 0 aromatic carbocycles. The number of hydrogen-bond donors (Lipinski definition) is 2. The molecular formula is C13H22N4O. The fraction of sp³-hybridized carbons (Fsp3) is 0.692. The number of aliphatic hydroxyl groups is 1. The van der Waals surface area contributed by atoms with E-state index >= 15 is 0 Å². The normalized spacial score (nSPS) is 21.1. The fourth-order valence-electron chi connectivity index (χ4n) is 2.26. The summed E-state index contributed by atoms with van der Waals surface area (Å²) in [6.45, 7) is 6.75. The van der Waals surface area contributed by atoms with Crippen LogP contribution in [0.1, 0.15) is 26.7 Å². The van der Waals surface area contributed by atoms with Crippen molar-refractivity contribution in [2.75, 3.05) is 29.9 Å². The summed E-state index contributed by atoms with van der Waals surface area (Å²) in [5.41, 5.74) is 0. The number of aliphatic hydroxyl groups excluding tert-OH is 1. The summed E-state index contributed by atoms with van der Waals surface area (Å²) in [5, 5.41) is 12.9. The molecule has 2 heterocycles. The summed E-state index contributed by atoms with van der Waals surface area (Å²) in [6, 6.07) is 1.99. The highest BCUT2D eigenvalue weighted by Crippen LogP contribution is 2.25. The minimum absolute atomic E-state index is 0.241. The summed E-state index contributed by atoms with van der Waals surface area (Å²) in [6.07, 6.45) is 3.46. The molecular weight excluding hydrogens is 228 g/mol. The first-order valence-corrected chi connectivity index (χ1v) is 6.69. The van der Waals surface area contributed by atoms with E-state index < -0.39 is 0 Å². The summed E-state index contributed by atoms with van der Waals surface area (Å²) in [4.78, 5) is 10.7. The van der Waals surface area contributed by atoms with Crippen LogP contribution in [0.2, 0.25) is 0 Å². The SMILES string of the molecule is CCCNc1cc(N2CCC(C(C)O)C2)ncn1. The van der Waals surface area contributed by atoms with Gasteiger partial charge in [0.25, 0.3) is 0 Å². The number of aromatic nitrogens is 2. The molecule has 0 amide bonds. The molecule has 2 unspecified atom stereocenters. The molecule has 1 aromatic heterocycles. The largest absolute Gasteiger partial charge is 0.393 e. The number of nitrogens with one attached hydrogen (secondary N) is 1. The minimum Gasteiger partial charge on any atom is -0.393 e. The molecule has 1 aliphatic heterocycles. The van der Waals surface area contributed by atoms with Gasteiger partial charge in [-0.05, 0) is 19.8 Å². The predicted octanol–water partition coefficient (Wildman–Crippen LogP) is 1.51. The summed E-state index contributed by atoms with van der Waals surface area (Å²) >= 11 is 0. The van der Waals surface area contributed by atoms with Crippen molar-refractivity contribution >= 4 is 11.6 Å². The van der Waals surface area contributed by atoms with Gasteiger partial charge >= 0.3 is 0 Å². The summed E-state index contributed by atoms with van der Waals surface area (Å²) < 4.78 is 0. The van der Waals surface area contributed by atoms with Crippen molar-refractivity contribution in [3.63, 3.8) is 0 Å². The van der Waals surface area contributed by atoms with Crippen LogP contribution in [0.4, 0.5) is 11.6 Å². The smallest absolute Gasteiger partial charge is 0.134 e. The number of hydrogen-bond acceptors (Lipinski definition) is 5. The Kier molecular flexibility index (Phi) is 4.36. The minimum atomic E-state index is -0.241. The Balaban J connectivity index is 2.01. The van der Waals surface area contributed by atoms with E-state index in [1.807, 2.05) is 13.0 Å². The van der Waals surface area contributed by atoms with Crippen molar-refractivity contribution in [2.45, 2.75) is 32.8 Å². The van der Waals surface area contributed by atoms with Crippen LogP contribution >= 0.6 is 0 Å². The lowest BCUT2D eigenvalue weighted by atomic mass is 10.0. The zero-order valence-corrected chi connectivity index (χ0v) is 11.1. The monoisotopic (exact) mass is 250 g/mol. The van der Waals surface area contributed by atoms with Gasteiger partial charge in [-0.25, -0.2) is 9.97 Å². The Bertz CT molecular complexity index is 383. The lowest BCUT2D eigenvalue weighted by Crippen LogP contribution is -2.24. The van der Waals surface area contributed by atoms with Crippen LogP contribution in [0.3, 0.4) is 0 Å². The second-order valence-corrected chi connectivity index (χ2v) is 4.92. The number of anilines is 2. The van der Waals surface area contributed by atoms with E-state index in [4.69, 9.17) is 0 Å². The van der Waals surface area contributed by atoms with Crippen LogP contribution in [0.15, 0.2) is 12.4 Å². The van der Waals surface area contributed by atoms with Crippen molar-refractivity contribution in [1.82, 2.24) is 9.97 Å². The molecule has 5 nitrogen and oxygen atoms in total. The summed E-state index contributed by atoms with van der Waals surface area (Å²) in [5.74, 6) is 2.18. The van der Waals surface area contributed by atoms with Crippen molar-refractivity contribution in [1.29, 1.82) is 0 Å². The van der Waals surface area contributed by atoms with Crippen LogP contribution < -0.4 is 10.2 Å². The average Bonchev–Trinajstić information content (AvgIpc) is 2.86. The van der Waals surface area contributed by atoms with Gasteiger partial charge in [0, 0.05) is 31.6 Å². The fourth-order valence-corrected chi connectivity index (χ4v) is 2.26. The third-order valence-electron chi connectivity index (χ3n) is 3.44. The van der Waals surface area contributed by atoms with E-state index in [2.05, 4.69) is 27.1 Å². The standard InChI is InChI=1S/C13H22N4O/c1-3-5-14-12-7-13(16-9-15-12)17-6-4-11(8-17)10(2)18/h7,9-11,18H,3-6,8H2,1-2H3,(H,14,15,16). The topological polar surface area (TPSA) is 61.3 Å². The maximum absolute atomic E-state index is 9.62. The molecule has 2 rings (SSSR count). The molecule has 0 saturated carbocycles. The molecule has 0 aliphatic carbocycles. The molecule has 0 radical (unpaired) electrons. The van der Waals surface area contributed by atoms with Crippen LogP contribution in [-0.2, 0) is 0 Å². The van der Waals surface area contributed by atoms with Crippen molar-refractivity contribution in [3.05, 3.63) is 12.4 Å².